The van der Waals surface area contributed by atoms with Crippen molar-refractivity contribution in [2.45, 2.75) is 33.1 Å². The maximum absolute atomic E-state index is 11.6. The standard InChI is InChI=1S/C11H17NO3/c1-10(2)5-7(10)8(13)12-6-11(3-4-11)9(14)15/h7H,3-6H2,1-2H3,(H,12,13)(H,14,15). The summed E-state index contributed by atoms with van der Waals surface area (Å²) in [4.78, 5) is 22.5. The lowest BCUT2D eigenvalue weighted by molar-refractivity contribution is -0.143. The molecule has 0 aromatic carbocycles. The Kier molecular flexibility index (Phi) is 2.07. The molecule has 0 spiro atoms. The SMILES string of the molecule is CC1(C)CC1C(=O)NCC1(C(=O)O)CC1. The Labute approximate surface area is 89.0 Å². The molecule has 2 fully saturated rings. The van der Waals surface area contributed by atoms with E-state index in [1.807, 2.05) is 0 Å². The van der Waals surface area contributed by atoms with Crippen LogP contribution in [0.25, 0.3) is 0 Å². The van der Waals surface area contributed by atoms with Gasteiger partial charge in [0.25, 0.3) is 0 Å². The maximum Gasteiger partial charge on any atom is 0.311 e. The van der Waals surface area contributed by atoms with E-state index in [2.05, 4.69) is 19.2 Å². The Morgan fingerprint density at radius 2 is 1.93 bits per heavy atom. The summed E-state index contributed by atoms with van der Waals surface area (Å²) in [7, 11) is 0. The molecule has 84 valence electrons. The number of hydrogen-bond acceptors (Lipinski definition) is 2. The molecular weight excluding hydrogens is 194 g/mol. The van der Waals surface area contributed by atoms with E-state index in [0.29, 0.717) is 19.4 Å². The predicted molar refractivity (Wildman–Crippen MR) is 54.2 cm³/mol. The Bertz CT molecular complexity index is 318. The first kappa shape index (κ1) is 10.5. The Morgan fingerprint density at radius 1 is 1.40 bits per heavy atom. The van der Waals surface area contributed by atoms with E-state index in [0.717, 1.165) is 6.42 Å². The van der Waals surface area contributed by atoms with E-state index in [1.54, 1.807) is 0 Å². The molecule has 2 aliphatic carbocycles. The number of rotatable bonds is 4. The van der Waals surface area contributed by atoms with Crippen molar-refractivity contribution in [3.63, 3.8) is 0 Å². The first-order valence-electron chi connectivity index (χ1n) is 5.39. The topological polar surface area (TPSA) is 66.4 Å². The van der Waals surface area contributed by atoms with E-state index < -0.39 is 11.4 Å². The van der Waals surface area contributed by atoms with Gasteiger partial charge in [-0.05, 0) is 24.7 Å². The highest BCUT2D eigenvalue weighted by Gasteiger charge is 2.53. The lowest BCUT2D eigenvalue weighted by atomic mass is 10.1. The van der Waals surface area contributed by atoms with Crippen LogP contribution in [0.1, 0.15) is 33.1 Å². The minimum atomic E-state index is -0.780. The summed E-state index contributed by atoms with van der Waals surface area (Å²) in [6.07, 6.45) is 2.30. The van der Waals surface area contributed by atoms with Gasteiger partial charge in [-0.2, -0.15) is 0 Å². The summed E-state index contributed by atoms with van der Waals surface area (Å²) in [5.41, 5.74) is -0.529. The van der Waals surface area contributed by atoms with Crippen molar-refractivity contribution in [3.05, 3.63) is 0 Å². The van der Waals surface area contributed by atoms with Crippen molar-refractivity contribution >= 4 is 11.9 Å². The van der Waals surface area contributed by atoms with Crippen LogP contribution >= 0.6 is 0 Å². The molecule has 0 radical (unpaired) electrons. The number of carbonyl (C=O) groups is 2. The number of amides is 1. The lowest BCUT2D eigenvalue weighted by Crippen LogP contribution is -2.35. The maximum atomic E-state index is 11.6. The molecule has 2 N–H and O–H groups in total. The Balaban J connectivity index is 1.80. The number of carbonyl (C=O) groups excluding carboxylic acids is 1. The summed E-state index contributed by atoms with van der Waals surface area (Å²) in [5.74, 6) is -0.674. The number of aliphatic carboxylic acids is 1. The molecule has 2 saturated carbocycles. The van der Waals surface area contributed by atoms with E-state index in [1.165, 1.54) is 0 Å². The molecule has 0 heterocycles. The first-order chi connectivity index (χ1) is 6.87. The molecule has 4 nitrogen and oxygen atoms in total. The number of carboxylic acids is 1. The summed E-state index contributed by atoms with van der Waals surface area (Å²) >= 11 is 0. The molecule has 1 unspecified atom stereocenters. The van der Waals surface area contributed by atoms with Crippen LogP contribution < -0.4 is 5.32 Å². The fourth-order valence-electron chi connectivity index (χ4n) is 1.91. The summed E-state index contributed by atoms with van der Waals surface area (Å²) in [6.45, 7) is 4.41. The van der Waals surface area contributed by atoms with E-state index in [4.69, 9.17) is 5.11 Å². The number of carboxylic acid groups (broad SMARTS) is 1. The van der Waals surface area contributed by atoms with E-state index >= 15 is 0 Å². The van der Waals surface area contributed by atoms with Gasteiger partial charge in [-0.1, -0.05) is 13.8 Å². The molecule has 15 heavy (non-hydrogen) atoms. The van der Waals surface area contributed by atoms with Crippen LogP contribution in [0.5, 0.6) is 0 Å². The van der Waals surface area contributed by atoms with Gasteiger partial charge in [-0.3, -0.25) is 9.59 Å². The van der Waals surface area contributed by atoms with Crippen molar-refractivity contribution in [1.29, 1.82) is 0 Å². The molecule has 0 bridgehead atoms. The summed E-state index contributed by atoms with van der Waals surface area (Å²) in [6, 6.07) is 0. The molecule has 2 rings (SSSR count). The van der Waals surface area contributed by atoms with Crippen LogP contribution in [0.4, 0.5) is 0 Å². The second kappa shape index (κ2) is 2.97. The quantitative estimate of drug-likeness (QED) is 0.729. The highest BCUT2D eigenvalue weighted by Crippen LogP contribution is 2.52. The monoisotopic (exact) mass is 211 g/mol. The summed E-state index contributed by atoms with van der Waals surface area (Å²) < 4.78 is 0. The molecule has 4 heteroatoms. The molecular formula is C11H17NO3. The van der Waals surface area contributed by atoms with Gasteiger partial charge >= 0.3 is 5.97 Å². The van der Waals surface area contributed by atoms with Crippen LogP contribution in [0, 0.1) is 16.7 Å². The van der Waals surface area contributed by atoms with Gasteiger partial charge in [0.2, 0.25) is 5.91 Å². The van der Waals surface area contributed by atoms with Gasteiger partial charge < -0.3 is 10.4 Å². The zero-order valence-electron chi connectivity index (χ0n) is 9.17. The normalized spacial score (nSPS) is 29.3. The van der Waals surface area contributed by atoms with Gasteiger partial charge in [0.15, 0.2) is 0 Å². The van der Waals surface area contributed by atoms with Crippen LogP contribution in [0.3, 0.4) is 0 Å². The fraction of sp³-hybridized carbons (Fsp3) is 0.818. The van der Waals surface area contributed by atoms with Gasteiger partial charge in [0.05, 0.1) is 5.41 Å². The van der Waals surface area contributed by atoms with Crippen molar-refractivity contribution in [2.24, 2.45) is 16.7 Å². The van der Waals surface area contributed by atoms with Gasteiger partial charge in [-0.15, -0.1) is 0 Å². The van der Waals surface area contributed by atoms with Crippen molar-refractivity contribution in [2.75, 3.05) is 6.54 Å². The second-order valence-electron chi connectivity index (χ2n) is 5.55. The highest BCUT2D eigenvalue weighted by molar-refractivity contribution is 5.84. The smallest absolute Gasteiger partial charge is 0.311 e. The van der Waals surface area contributed by atoms with Crippen LogP contribution in [-0.4, -0.2) is 23.5 Å². The molecule has 0 aromatic heterocycles. The molecule has 2 aliphatic rings. The Morgan fingerprint density at radius 3 is 2.27 bits per heavy atom. The van der Waals surface area contributed by atoms with Gasteiger partial charge in [0.1, 0.15) is 0 Å². The molecule has 0 aliphatic heterocycles. The highest BCUT2D eigenvalue weighted by atomic mass is 16.4. The van der Waals surface area contributed by atoms with Crippen LogP contribution in [0.15, 0.2) is 0 Å². The minimum Gasteiger partial charge on any atom is -0.481 e. The van der Waals surface area contributed by atoms with Crippen LogP contribution in [0.2, 0.25) is 0 Å². The number of nitrogens with one attached hydrogen (secondary N) is 1. The number of hydrogen-bond donors (Lipinski definition) is 2. The third-order valence-corrected chi connectivity index (χ3v) is 3.74. The van der Waals surface area contributed by atoms with Crippen LogP contribution in [-0.2, 0) is 9.59 Å². The predicted octanol–water partition coefficient (Wildman–Crippen LogP) is 1.01. The van der Waals surface area contributed by atoms with Gasteiger partial charge in [-0.25, -0.2) is 0 Å². The van der Waals surface area contributed by atoms with E-state index in [9.17, 15) is 9.59 Å². The van der Waals surface area contributed by atoms with Gasteiger partial charge in [0, 0.05) is 12.5 Å². The van der Waals surface area contributed by atoms with Crippen molar-refractivity contribution in [3.8, 4) is 0 Å². The molecule has 0 saturated heterocycles. The zero-order chi connectivity index (χ0) is 11.3. The minimum absolute atomic E-state index is 0.0209. The summed E-state index contributed by atoms with van der Waals surface area (Å²) in [5, 5.41) is 11.7. The van der Waals surface area contributed by atoms with Crippen molar-refractivity contribution in [1.82, 2.24) is 5.32 Å². The zero-order valence-corrected chi connectivity index (χ0v) is 9.17. The lowest BCUT2D eigenvalue weighted by Gasteiger charge is -2.11. The van der Waals surface area contributed by atoms with Crippen molar-refractivity contribution < 1.29 is 14.7 Å². The average Bonchev–Trinajstić information content (AvgIpc) is 2.99. The average molecular weight is 211 g/mol. The Hall–Kier alpha value is -1.06. The molecule has 1 amide bonds. The van der Waals surface area contributed by atoms with E-state index in [-0.39, 0.29) is 17.2 Å². The largest absolute Gasteiger partial charge is 0.481 e. The first-order valence-corrected chi connectivity index (χ1v) is 5.39. The fourth-order valence-corrected chi connectivity index (χ4v) is 1.91. The molecule has 1 atom stereocenters. The third kappa shape index (κ3) is 1.85. The second-order valence-corrected chi connectivity index (χ2v) is 5.55. The molecule has 0 aromatic rings. The third-order valence-electron chi connectivity index (χ3n) is 3.74.